The standard InChI is InChI=1S/C19H21ClN2O4S/c1-14-13-16(22-11-2-3-19(22)23)6-9-18(14)27(24,25)21-10-12-26-17-7-4-15(20)5-8-17/h4-9,13,21H,2-3,10-12H2,1H3. The predicted molar refractivity (Wildman–Crippen MR) is 105 cm³/mol. The molecule has 0 unspecified atom stereocenters. The molecule has 0 bridgehead atoms. The van der Waals surface area contributed by atoms with Crippen molar-refractivity contribution in [2.75, 3.05) is 24.6 Å². The van der Waals surface area contributed by atoms with E-state index >= 15 is 0 Å². The lowest BCUT2D eigenvalue weighted by molar-refractivity contribution is -0.117. The van der Waals surface area contributed by atoms with Gasteiger partial charge in [-0.05, 0) is 61.4 Å². The summed E-state index contributed by atoms with van der Waals surface area (Å²) in [6.07, 6.45) is 1.36. The second-order valence-electron chi connectivity index (χ2n) is 6.30. The SMILES string of the molecule is Cc1cc(N2CCCC2=O)ccc1S(=O)(=O)NCCOc1ccc(Cl)cc1. The fraction of sp³-hybridized carbons (Fsp3) is 0.316. The Morgan fingerprint density at radius 2 is 1.93 bits per heavy atom. The number of benzene rings is 2. The molecule has 2 aromatic carbocycles. The first-order valence-corrected chi connectivity index (χ1v) is 10.5. The summed E-state index contributed by atoms with van der Waals surface area (Å²) in [4.78, 5) is 13.7. The van der Waals surface area contributed by atoms with E-state index in [1.807, 2.05) is 0 Å². The number of rotatable bonds is 7. The molecule has 0 aliphatic carbocycles. The summed E-state index contributed by atoms with van der Waals surface area (Å²) >= 11 is 5.81. The fourth-order valence-corrected chi connectivity index (χ4v) is 4.34. The molecular formula is C19H21ClN2O4S. The van der Waals surface area contributed by atoms with Gasteiger partial charge in [-0.1, -0.05) is 11.6 Å². The Bertz CT molecular complexity index is 929. The highest BCUT2D eigenvalue weighted by atomic mass is 35.5. The molecule has 1 fully saturated rings. The van der Waals surface area contributed by atoms with E-state index in [0.717, 1.165) is 12.1 Å². The van der Waals surface area contributed by atoms with Crippen LogP contribution in [0, 0.1) is 6.92 Å². The number of carbonyl (C=O) groups excluding carboxylic acids is 1. The fourth-order valence-electron chi connectivity index (χ4n) is 2.98. The Morgan fingerprint density at radius 1 is 1.19 bits per heavy atom. The van der Waals surface area contributed by atoms with Crippen molar-refractivity contribution in [3.8, 4) is 5.75 Å². The van der Waals surface area contributed by atoms with Crippen LogP contribution in [-0.2, 0) is 14.8 Å². The molecule has 0 atom stereocenters. The second kappa shape index (κ2) is 8.29. The molecule has 144 valence electrons. The highest BCUT2D eigenvalue weighted by molar-refractivity contribution is 7.89. The zero-order valence-corrected chi connectivity index (χ0v) is 16.5. The van der Waals surface area contributed by atoms with E-state index in [2.05, 4.69) is 4.72 Å². The zero-order valence-electron chi connectivity index (χ0n) is 14.9. The number of nitrogens with zero attached hydrogens (tertiary/aromatic N) is 1. The number of anilines is 1. The van der Waals surface area contributed by atoms with Crippen molar-refractivity contribution in [1.82, 2.24) is 4.72 Å². The van der Waals surface area contributed by atoms with E-state index in [9.17, 15) is 13.2 Å². The summed E-state index contributed by atoms with van der Waals surface area (Å²) in [6.45, 7) is 2.73. The first-order chi connectivity index (χ1) is 12.9. The molecule has 8 heteroatoms. The summed E-state index contributed by atoms with van der Waals surface area (Å²) in [7, 11) is -3.66. The van der Waals surface area contributed by atoms with Crippen LogP contribution < -0.4 is 14.4 Å². The normalized spacial score (nSPS) is 14.6. The molecule has 0 aromatic heterocycles. The smallest absolute Gasteiger partial charge is 0.240 e. The van der Waals surface area contributed by atoms with E-state index in [1.54, 1.807) is 54.3 Å². The number of amides is 1. The van der Waals surface area contributed by atoms with Crippen molar-refractivity contribution >= 4 is 33.2 Å². The monoisotopic (exact) mass is 408 g/mol. The summed E-state index contributed by atoms with van der Waals surface area (Å²) < 4.78 is 33.1. The van der Waals surface area contributed by atoms with Gasteiger partial charge >= 0.3 is 0 Å². The molecule has 1 amide bonds. The average molecular weight is 409 g/mol. The third-order valence-corrected chi connectivity index (χ3v) is 6.18. The van der Waals surface area contributed by atoms with E-state index < -0.39 is 10.0 Å². The van der Waals surface area contributed by atoms with Crippen molar-refractivity contribution in [3.63, 3.8) is 0 Å². The van der Waals surface area contributed by atoms with E-state index in [4.69, 9.17) is 16.3 Å². The number of ether oxygens (including phenoxy) is 1. The lowest BCUT2D eigenvalue weighted by Gasteiger charge is -2.18. The largest absolute Gasteiger partial charge is 0.492 e. The maximum atomic E-state index is 12.5. The summed E-state index contributed by atoms with van der Waals surface area (Å²) in [6, 6.07) is 11.8. The van der Waals surface area contributed by atoms with Crippen LogP contribution in [-0.4, -0.2) is 34.0 Å². The third-order valence-electron chi connectivity index (χ3n) is 4.31. The van der Waals surface area contributed by atoms with Crippen LogP contribution >= 0.6 is 11.6 Å². The first-order valence-electron chi connectivity index (χ1n) is 8.66. The van der Waals surface area contributed by atoms with Gasteiger partial charge in [-0.3, -0.25) is 4.79 Å². The van der Waals surface area contributed by atoms with Gasteiger partial charge in [0.25, 0.3) is 0 Å². The molecule has 27 heavy (non-hydrogen) atoms. The average Bonchev–Trinajstić information content (AvgIpc) is 3.06. The minimum absolute atomic E-state index is 0.0717. The maximum absolute atomic E-state index is 12.5. The Kier molecular flexibility index (Phi) is 6.04. The predicted octanol–water partition coefficient (Wildman–Crippen LogP) is 3.13. The molecule has 1 aliphatic rings. The van der Waals surface area contributed by atoms with Crippen LogP contribution in [0.25, 0.3) is 0 Å². The van der Waals surface area contributed by atoms with Gasteiger partial charge < -0.3 is 9.64 Å². The first kappa shape index (κ1) is 19.7. The number of nitrogens with one attached hydrogen (secondary N) is 1. The molecular weight excluding hydrogens is 388 g/mol. The van der Waals surface area contributed by atoms with Gasteiger partial charge in [0.2, 0.25) is 15.9 Å². The van der Waals surface area contributed by atoms with Crippen molar-refractivity contribution < 1.29 is 17.9 Å². The van der Waals surface area contributed by atoms with Gasteiger partial charge in [-0.2, -0.15) is 0 Å². The number of carbonyl (C=O) groups is 1. The maximum Gasteiger partial charge on any atom is 0.240 e. The van der Waals surface area contributed by atoms with Crippen LogP contribution in [0.15, 0.2) is 47.4 Å². The van der Waals surface area contributed by atoms with Crippen LogP contribution in [0.4, 0.5) is 5.69 Å². The Hall–Kier alpha value is -2.09. The molecule has 1 N–H and O–H groups in total. The minimum Gasteiger partial charge on any atom is -0.492 e. The summed E-state index contributed by atoms with van der Waals surface area (Å²) in [5.74, 6) is 0.692. The minimum atomic E-state index is -3.66. The number of halogens is 1. The molecule has 1 saturated heterocycles. The Morgan fingerprint density at radius 3 is 2.56 bits per heavy atom. The highest BCUT2D eigenvalue weighted by Gasteiger charge is 2.23. The Labute approximate surface area is 164 Å². The van der Waals surface area contributed by atoms with E-state index in [1.165, 1.54) is 0 Å². The van der Waals surface area contributed by atoms with Crippen molar-refractivity contribution in [2.24, 2.45) is 0 Å². The van der Waals surface area contributed by atoms with Crippen molar-refractivity contribution in [2.45, 2.75) is 24.7 Å². The van der Waals surface area contributed by atoms with Gasteiger partial charge in [-0.15, -0.1) is 0 Å². The quantitative estimate of drug-likeness (QED) is 0.714. The van der Waals surface area contributed by atoms with Gasteiger partial charge in [0.05, 0.1) is 4.90 Å². The highest BCUT2D eigenvalue weighted by Crippen LogP contribution is 2.26. The van der Waals surface area contributed by atoms with Crippen LogP contribution in [0.1, 0.15) is 18.4 Å². The van der Waals surface area contributed by atoms with Crippen LogP contribution in [0.3, 0.4) is 0 Å². The van der Waals surface area contributed by atoms with E-state index in [0.29, 0.717) is 29.3 Å². The molecule has 1 aliphatic heterocycles. The molecule has 6 nitrogen and oxygen atoms in total. The molecule has 0 spiro atoms. The van der Waals surface area contributed by atoms with Crippen LogP contribution in [0.5, 0.6) is 5.75 Å². The lowest BCUT2D eigenvalue weighted by atomic mass is 10.2. The zero-order chi connectivity index (χ0) is 19.4. The topological polar surface area (TPSA) is 75.7 Å². The Balaban J connectivity index is 1.60. The third kappa shape index (κ3) is 4.80. The van der Waals surface area contributed by atoms with Crippen LogP contribution in [0.2, 0.25) is 5.02 Å². The van der Waals surface area contributed by atoms with Gasteiger partial charge in [-0.25, -0.2) is 13.1 Å². The van der Waals surface area contributed by atoms with E-state index in [-0.39, 0.29) is 24.0 Å². The van der Waals surface area contributed by atoms with Crippen molar-refractivity contribution in [1.29, 1.82) is 0 Å². The lowest BCUT2D eigenvalue weighted by Crippen LogP contribution is -2.29. The molecule has 3 rings (SSSR count). The molecule has 0 radical (unpaired) electrons. The number of sulfonamides is 1. The molecule has 0 saturated carbocycles. The summed E-state index contributed by atoms with van der Waals surface area (Å²) in [5, 5.41) is 0.609. The molecule has 2 aromatic rings. The summed E-state index contributed by atoms with van der Waals surface area (Å²) in [5.41, 5.74) is 1.33. The second-order valence-corrected chi connectivity index (χ2v) is 8.47. The number of aryl methyl sites for hydroxylation is 1. The molecule has 1 heterocycles. The van der Waals surface area contributed by atoms with Gasteiger partial charge in [0.15, 0.2) is 0 Å². The number of hydrogen-bond donors (Lipinski definition) is 1. The van der Waals surface area contributed by atoms with Gasteiger partial charge in [0.1, 0.15) is 12.4 Å². The van der Waals surface area contributed by atoms with Gasteiger partial charge in [0, 0.05) is 30.2 Å². The van der Waals surface area contributed by atoms with Crippen molar-refractivity contribution in [3.05, 3.63) is 53.1 Å². The number of hydrogen-bond acceptors (Lipinski definition) is 4.